The third kappa shape index (κ3) is 7.52. The zero-order valence-electron chi connectivity index (χ0n) is 17.3. The highest BCUT2D eigenvalue weighted by molar-refractivity contribution is 5.83. The number of fused-ring (bicyclic) bond motifs is 1. The van der Waals surface area contributed by atoms with Crippen molar-refractivity contribution in [1.82, 2.24) is 0 Å². The van der Waals surface area contributed by atoms with Crippen molar-refractivity contribution in [1.29, 1.82) is 0 Å². The van der Waals surface area contributed by atoms with E-state index < -0.39 is 0 Å². The van der Waals surface area contributed by atoms with Gasteiger partial charge in [0.15, 0.2) is 0 Å². The van der Waals surface area contributed by atoms with E-state index in [2.05, 4.69) is 56.3 Å². The smallest absolute Gasteiger partial charge is 0.0164 e. The Morgan fingerprint density at radius 1 is 0.615 bits per heavy atom. The Balaban J connectivity index is 1.60. The van der Waals surface area contributed by atoms with Crippen molar-refractivity contribution in [2.75, 3.05) is 0 Å². The highest BCUT2D eigenvalue weighted by atomic mass is 14.1. The summed E-state index contributed by atoms with van der Waals surface area (Å²) in [6, 6.07) is 15.8. The summed E-state index contributed by atoms with van der Waals surface area (Å²) in [5.74, 6) is 0.734. The van der Waals surface area contributed by atoms with Gasteiger partial charge in [0.25, 0.3) is 0 Å². The molecule has 0 heterocycles. The van der Waals surface area contributed by atoms with Crippen LogP contribution in [0.4, 0.5) is 0 Å². The van der Waals surface area contributed by atoms with Gasteiger partial charge in [0.1, 0.15) is 0 Å². The summed E-state index contributed by atoms with van der Waals surface area (Å²) in [5.41, 5.74) is 1.54. The molecule has 2 aromatic rings. The summed E-state index contributed by atoms with van der Waals surface area (Å²) in [5, 5.41) is 2.75. The van der Waals surface area contributed by atoms with Gasteiger partial charge in [-0.1, -0.05) is 127 Å². The third-order valence-corrected chi connectivity index (χ3v) is 5.89. The van der Waals surface area contributed by atoms with Crippen LogP contribution in [0, 0.1) is 0 Å². The van der Waals surface area contributed by atoms with Crippen molar-refractivity contribution in [2.24, 2.45) is 0 Å². The predicted octanol–water partition coefficient (Wildman–Crippen LogP) is 9.03. The van der Waals surface area contributed by atoms with E-state index in [1.807, 2.05) is 0 Å². The molecule has 0 spiro atoms. The lowest BCUT2D eigenvalue weighted by Crippen LogP contribution is -1.97. The van der Waals surface area contributed by atoms with Crippen LogP contribution < -0.4 is 0 Å². The van der Waals surface area contributed by atoms with E-state index in [4.69, 9.17) is 0 Å². The molecule has 26 heavy (non-hydrogen) atoms. The van der Waals surface area contributed by atoms with Crippen LogP contribution in [0.15, 0.2) is 42.5 Å². The van der Waals surface area contributed by atoms with Crippen LogP contribution in [0.3, 0.4) is 0 Å². The van der Waals surface area contributed by atoms with Crippen LogP contribution in [0.25, 0.3) is 10.8 Å². The molecule has 0 heteroatoms. The fourth-order valence-corrected chi connectivity index (χ4v) is 4.12. The van der Waals surface area contributed by atoms with Crippen LogP contribution in [-0.4, -0.2) is 0 Å². The van der Waals surface area contributed by atoms with E-state index in [1.165, 1.54) is 94.2 Å². The Morgan fingerprint density at radius 2 is 1.19 bits per heavy atom. The Hall–Kier alpha value is -1.30. The maximum absolute atomic E-state index is 2.42. The maximum atomic E-state index is 2.42. The van der Waals surface area contributed by atoms with Gasteiger partial charge in [-0.25, -0.2) is 0 Å². The quantitative estimate of drug-likeness (QED) is 0.297. The SMILES string of the molecule is CCCCCCCCCCCCCC(CC)c1ccc2ccccc2c1. The van der Waals surface area contributed by atoms with Crippen LogP contribution in [0.1, 0.15) is 109 Å². The molecule has 0 saturated carbocycles. The summed E-state index contributed by atoms with van der Waals surface area (Å²) >= 11 is 0. The van der Waals surface area contributed by atoms with Crippen molar-refractivity contribution in [3.8, 4) is 0 Å². The molecule has 144 valence electrons. The lowest BCUT2D eigenvalue weighted by Gasteiger charge is -2.16. The Morgan fingerprint density at radius 3 is 1.81 bits per heavy atom. The molecule has 1 unspecified atom stereocenters. The standard InChI is InChI=1S/C26H40/c1-3-5-6-7-8-9-10-11-12-13-14-17-23(4-2)26-21-20-24-18-15-16-19-25(24)22-26/h15-16,18-23H,3-14,17H2,1-2H3. The molecule has 0 aromatic heterocycles. The molecule has 0 saturated heterocycles. The summed E-state index contributed by atoms with van der Waals surface area (Å²) < 4.78 is 0. The highest BCUT2D eigenvalue weighted by Gasteiger charge is 2.09. The molecular formula is C26H40. The monoisotopic (exact) mass is 352 g/mol. The number of hydrogen-bond donors (Lipinski definition) is 0. The molecule has 0 bridgehead atoms. The van der Waals surface area contributed by atoms with Gasteiger partial charge in [0.05, 0.1) is 0 Å². The lowest BCUT2D eigenvalue weighted by atomic mass is 9.89. The largest absolute Gasteiger partial charge is 0.0654 e. The Bertz CT molecular complexity index is 598. The zero-order valence-corrected chi connectivity index (χ0v) is 17.3. The third-order valence-electron chi connectivity index (χ3n) is 5.89. The second-order valence-electron chi connectivity index (χ2n) is 8.04. The minimum Gasteiger partial charge on any atom is -0.0654 e. The van der Waals surface area contributed by atoms with E-state index in [0.717, 1.165) is 5.92 Å². The fraction of sp³-hybridized carbons (Fsp3) is 0.615. The molecule has 0 aliphatic rings. The van der Waals surface area contributed by atoms with Crippen LogP contribution in [0.2, 0.25) is 0 Å². The van der Waals surface area contributed by atoms with E-state index >= 15 is 0 Å². The normalized spacial score (nSPS) is 12.5. The van der Waals surface area contributed by atoms with Crippen LogP contribution in [0.5, 0.6) is 0 Å². The van der Waals surface area contributed by atoms with Crippen molar-refractivity contribution in [2.45, 2.75) is 103 Å². The van der Waals surface area contributed by atoms with Gasteiger partial charge in [0, 0.05) is 0 Å². The van der Waals surface area contributed by atoms with Crippen LogP contribution >= 0.6 is 0 Å². The Labute approximate surface area is 162 Å². The minimum atomic E-state index is 0.734. The predicted molar refractivity (Wildman–Crippen MR) is 118 cm³/mol. The number of hydrogen-bond acceptors (Lipinski definition) is 0. The number of rotatable bonds is 14. The average molecular weight is 353 g/mol. The molecule has 0 radical (unpaired) electrons. The molecule has 0 N–H and O–H groups in total. The second-order valence-corrected chi connectivity index (χ2v) is 8.04. The number of unbranched alkanes of at least 4 members (excludes halogenated alkanes) is 10. The fourth-order valence-electron chi connectivity index (χ4n) is 4.12. The molecule has 0 aliphatic heterocycles. The number of benzene rings is 2. The molecule has 0 amide bonds. The first-order valence-corrected chi connectivity index (χ1v) is 11.3. The van der Waals surface area contributed by atoms with Crippen LogP contribution in [-0.2, 0) is 0 Å². The van der Waals surface area contributed by atoms with Crippen molar-refractivity contribution in [3.05, 3.63) is 48.0 Å². The van der Waals surface area contributed by atoms with Gasteiger partial charge >= 0.3 is 0 Å². The molecule has 2 aromatic carbocycles. The molecule has 0 aliphatic carbocycles. The van der Waals surface area contributed by atoms with E-state index in [0.29, 0.717) is 0 Å². The van der Waals surface area contributed by atoms with Crippen molar-refractivity contribution >= 4 is 10.8 Å². The Kier molecular flexibility index (Phi) is 10.5. The first-order chi connectivity index (χ1) is 12.8. The van der Waals surface area contributed by atoms with Gasteiger partial charge in [-0.15, -0.1) is 0 Å². The summed E-state index contributed by atoms with van der Waals surface area (Å²) in [6.07, 6.45) is 18.4. The van der Waals surface area contributed by atoms with Gasteiger partial charge in [0.2, 0.25) is 0 Å². The van der Waals surface area contributed by atoms with Gasteiger partial charge in [-0.3, -0.25) is 0 Å². The van der Waals surface area contributed by atoms with Gasteiger partial charge < -0.3 is 0 Å². The first kappa shape index (κ1) is 21.0. The molecular weight excluding hydrogens is 312 g/mol. The summed E-state index contributed by atoms with van der Waals surface area (Å²) in [6.45, 7) is 4.64. The molecule has 1 atom stereocenters. The summed E-state index contributed by atoms with van der Waals surface area (Å²) in [7, 11) is 0. The van der Waals surface area contributed by atoms with E-state index in [1.54, 1.807) is 5.56 Å². The van der Waals surface area contributed by atoms with E-state index in [-0.39, 0.29) is 0 Å². The zero-order chi connectivity index (χ0) is 18.5. The maximum Gasteiger partial charge on any atom is -0.0164 e. The molecule has 0 fully saturated rings. The topological polar surface area (TPSA) is 0 Å². The molecule has 2 rings (SSSR count). The molecule has 0 nitrogen and oxygen atoms in total. The average Bonchev–Trinajstić information content (AvgIpc) is 2.68. The van der Waals surface area contributed by atoms with E-state index in [9.17, 15) is 0 Å². The summed E-state index contributed by atoms with van der Waals surface area (Å²) in [4.78, 5) is 0. The minimum absolute atomic E-state index is 0.734. The van der Waals surface area contributed by atoms with Gasteiger partial charge in [-0.05, 0) is 35.1 Å². The first-order valence-electron chi connectivity index (χ1n) is 11.3. The van der Waals surface area contributed by atoms with Crippen molar-refractivity contribution in [3.63, 3.8) is 0 Å². The second kappa shape index (κ2) is 13.0. The highest BCUT2D eigenvalue weighted by Crippen LogP contribution is 2.28. The van der Waals surface area contributed by atoms with Gasteiger partial charge in [-0.2, -0.15) is 0 Å². The van der Waals surface area contributed by atoms with Crippen molar-refractivity contribution < 1.29 is 0 Å². The lowest BCUT2D eigenvalue weighted by molar-refractivity contribution is 0.516.